The van der Waals surface area contributed by atoms with Gasteiger partial charge in [-0.3, -0.25) is 4.79 Å². The van der Waals surface area contributed by atoms with E-state index in [1.54, 1.807) is 17.0 Å². The van der Waals surface area contributed by atoms with Gasteiger partial charge in [0.05, 0.1) is 31.3 Å². The van der Waals surface area contributed by atoms with Gasteiger partial charge in [-0.15, -0.1) is 0 Å². The van der Waals surface area contributed by atoms with E-state index in [0.29, 0.717) is 38.3 Å². The normalized spacial score (nSPS) is 16.4. The van der Waals surface area contributed by atoms with Crippen LogP contribution < -0.4 is 0 Å². The highest BCUT2D eigenvalue weighted by molar-refractivity contribution is 5.76. The van der Waals surface area contributed by atoms with Crippen LogP contribution in [0.25, 0.3) is 0 Å². The van der Waals surface area contributed by atoms with Crippen molar-refractivity contribution in [3.05, 3.63) is 35.4 Å². The summed E-state index contributed by atoms with van der Waals surface area (Å²) in [7, 11) is 0. The highest BCUT2D eigenvalue weighted by atomic mass is 16.5. The monoisotopic (exact) mass is 230 g/mol. The van der Waals surface area contributed by atoms with Gasteiger partial charge in [-0.25, -0.2) is 0 Å². The van der Waals surface area contributed by atoms with Gasteiger partial charge in [0.25, 0.3) is 0 Å². The van der Waals surface area contributed by atoms with Gasteiger partial charge in [0, 0.05) is 13.1 Å². The first-order valence-electron chi connectivity index (χ1n) is 5.64. The molecule has 17 heavy (non-hydrogen) atoms. The molecular formula is C13H14N2O2. The summed E-state index contributed by atoms with van der Waals surface area (Å²) in [5.74, 6) is 0.131. The molecule has 1 fully saturated rings. The third-order valence-electron chi connectivity index (χ3n) is 2.77. The second-order valence-corrected chi connectivity index (χ2v) is 3.99. The molecule has 0 radical (unpaired) electrons. The lowest BCUT2D eigenvalue weighted by atomic mass is 10.1. The predicted molar refractivity (Wildman–Crippen MR) is 62.0 cm³/mol. The molecule has 1 aromatic carbocycles. The van der Waals surface area contributed by atoms with Crippen molar-refractivity contribution in [1.82, 2.24) is 4.90 Å². The fourth-order valence-corrected chi connectivity index (χ4v) is 1.79. The van der Waals surface area contributed by atoms with E-state index >= 15 is 0 Å². The van der Waals surface area contributed by atoms with Gasteiger partial charge >= 0.3 is 0 Å². The number of amides is 1. The molecule has 0 aromatic heterocycles. The van der Waals surface area contributed by atoms with Crippen LogP contribution in [0.3, 0.4) is 0 Å². The van der Waals surface area contributed by atoms with Gasteiger partial charge in [0.15, 0.2) is 0 Å². The first kappa shape index (κ1) is 11.6. The Morgan fingerprint density at radius 2 is 2.06 bits per heavy atom. The van der Waals surface area contributed by atoms with Gasteiger partial charge in [-0.1, -0.05) is 12.1 Å². The summed E-state index contributed by atoms with van der Waals surface area (Å²) in [5.41, 5.74) is 1.68. The number of nitriles is 1. The van der Waals surface area contributed by atoms with Crippen molar-refractivity contribution < 1.29 is 9.53 Å². The van der Waals surface area contributed by atoms with Crippen LogP contribution in [0.5, 0.6) is 0 Å². The molecule has 88 valence electrons. The van der Waals surface area contributed by atoms with Crippen LogP contribution in [0.4, 0.5) is 0 Å². The number of carbonyl (C=O) groups is 1. The lowest BCUT2D eigenvalue weighted by Gasteiger charge is -2.19. The van der Waals surface area contributed by atoms with Crippen LogP contribution in [0.1, 0.15) is 17.5 Å². The minimum atomic E-state index is 0.131. The number of rotatable bonds is 2. The van der Waals surface area contributed by atoms with E-state index in [1.165, 1.54) is 0 Å². The Morgan fingerprint density at radius 3 is 2.76 bits per heavy atom. The third kappa shape index (κ3) is 3.05. The molecule has 4 nitrogen and oxygen atoms in total. The van der Waals surface area contributed by atoms with Crippen LogP contribution >= 0.6 is 0 Å². The molecule has 2 rings (SSSR count). The quantitative estimate of drug-likeness (QED) is 0.769. The topological polar surface area (TPSA) is 53.3 Å². The number of benzene rings is 1. The summed E-state index contributed by atoms with van der Waals surface area (Å²) >= 11 is 0. The van der Waals surface area contributed by atoms with Gasteiger partial charge in [0.2, 0.25) is 5.91 Å². The summed E-state index contributed by atoms with van der Waals surface area (Å²) in [6.45, 7) is 2.34. The molecule has 1 aliphatic rings. The molecule has 0 atom stereocenters. The second kappa shape index (κ2) is 5.46. The molecule has 0 spiro atoms. The highest BCUT2D eigenvalue weighted by Gasteiger charge is 2.16. The van der Waals surface area contributed by atoms with Gasteiger partial charge in [-0.05, 0) is 17.7 Å². The van der Waals surface area contributed by atoms with E-state index in [1.807, 2.05) is 12.1 Å². The number of ether oxygens (including phenoxy) is 1. The van der Waals surface area contributed by atoms with E-state index in [2.05, 4.69) is 6.07 Å². The van der Waals surface area contributed by atoms with E-state index in [4.69, 9.17) is 10.00 Å². The summed E-state index contributed by atoms with van der Waals surface area (Å²) < 4.78 is 5.26. The number of hydrogen-bond acceptors (Lipinski definition) is 3. The minimum Gasteiger partial charge on any atom is -0.379 e. The third-order valence-corrected chi connectivity index (χ3v) is 2.77. The fourth-order valence-electron chi connectivity index (χ4n) is 1.79. The largest absolute Gasteiger partial charge is 0.379 e. The maximum atomic E-state index is 11.7. The lowest BCUT2D eigenvalue weighted by molar-refractivity contribution is -0.131. The van der Waals surface area contributed by atoms with Crippen LogP contribution in [0.2, 0.25) is 0 Å². The van der Waals surface area contributed by atoms with E-state index in [0.717, 1.165) is 5.56 Å². The Labute approximate surface area is 100 Å². The lowest BCUT2D eigenvalue weighted by Crippen LogP contribution is -2.31. The molecule has 4 heteroatoms. The van der Waals surface area contributed by atoms with Crippen molar-refractivity contribution in [1.29, 1.82) is 5.26 Å². The average molecular weight is 230 g/mol. The van der Waals surface area contributed by atoms with E-state index in [-0.39, 0.29) is 5.91 Å². The SMILES string of the molecule is N#Cc1ccc(CN2CCOCCC2=O)cc1. The van der Waals surface area contributed by atoms with E-state index in [9.17, 15) is 4.79 Å². The zero-order valence-corrected chi connectivity index (χ0v) is 9.56. The summed E-state index contributed by atoms with van der Waals surface area (Å²) in [6, 6.07) is 9.39. The Hall–Kier alpha value is -1.86. The Morgan fingerprint density at radius 1 is 1.29 bits per heavy atom. The summed E-state index contributed by atoms with van der Waals surface area (Å²) in [6.07, 6.45) is 0.455. The molecule has 0 aliphatic carbocycles. The maximum absolute atomic E-state index is 11.7. The number of hydrogen-bond donors (Lipinski definition) is 0. The molecule has 1 aromatic rings. The Kier molecular flexibility index (Phi) is 3.73. The van der Waals surface area contributed by atoms with Crippen molar-refractivity contribution in [3.8, 4) is 6.07 Å². The van der Waals surface area contributed by atoms with Crippen molar-refractivity contribution in [2.45, 2.75) is 13.0 Å². The molecule has 1 amide bonds. The first-order valence-corrected chi connectivity index (χ1v) is 5.64. The van der Waals surface area contributed by atoms with Crippen molar-refractivity contribution in [2.24, 2.45) is 0 Å². The smallest absolute Gasteiger partial charge is 0.225 e. The van der Waals surface area contributed by atoms with Gasteiger partial charge in [0.1, 0.15) is 0 Å². The van der Waals surface area contributed by atoms with Crippen LogP contribution in [0.15, 0.2) is 24.3 Å². The molecule has 0 unspecified atom stereocenters. The van der Waals surface area contributed by atoms with Crippen molar-refractivity contribution in [2.75, 3.05) is 19.8 Å². The highest BCUT2D eigenvalue weighted by Crippen LogP contribution is 2.10. The zero-order chi connectivity index (χ0) is 12.1. The molecular weight excluding hydrogens is 216 g/mol. The Bertz CT molecular complexity index is 434. The second-order valence-electron chi connectivity index (χ2n) is 3.99. The van der Waals surface area contributed by atoms with Gasteiger partial charge in [-0.2, -0.15) is 5.26 Å². The number of nitrogens with zero attached hydrogens (tertiary/aromatic N) is 2. The molecule has 1 heterocycles. The minimum absolute atomic E-state index is 0.131. The predicted octanol–water partition coefficient (Wildman–Crippen LogP) is 1.31. The molecule has 0 N–H and O–H groups in total. The van der Waals surface area contributed by atoms with Crippen LogP contribution in [-0.4, -0.2) is 30.6 Å². The molecule has 0 bridgehead atoms. The van der Waals surface area contributed by atoms with Crippen LogP contribution in [-0.2, 0) is 16.1 Å². The fraction of sp³-hybridized carbons (Fsp3) is 0.385. The summed E-state index contributed by atoms with van der Waals surface area (Å²) in [5, 5.41) is 8.70. The van der Waals surface area contributed by atoms with Crippen molar-refractivity contribution >= 4 is 5.91 Å². The standard InChI is InChI=1S/C13H14N2O2/c14-9-11-1-3-12(4-2-11)10-15-6-8-17-7-5-13(15)16/h1-4H,5-8,10H2. The Balaban J connectivity index is 2.03. The maximum Gasteiger partial charge on any atom is 0.225 e. The van der Waals surface area contributed by atoms with Gasteiger partial charge < -0.3 is 9.64 Å². The van der Waals surface area contributed by atoms with Crippen molar-refractivity contribution in [3.63, 3.8) is 0 Å². The molecule has 0 saturated carbocycles. The van der Waals surface area contributed by atoms with Crippen LogP contribution in [0, 0.1) is 11.3 Å². The molecule has 1 saturated heterocycles. The zero-order valence-electron chi connectivity index (χ0n) is 9.56. The molecule has 1 aliphatic heterocycles. The summed E-state index contributed by atoms with van der Waals surface area (Å²) in [4.78, 5) is 13.5. The first-order chi connectivity index (χ1) is 8.29. The average Bonchev–Trinajstić information content (AvgIpc) is 2.56. The number of carbonyl (C=O) groups excluding carboxylic acids is 1. The van der Waals surface area contributed by atoms with E-state index < -0.39 is 0 Å².